The molecule has 0 N–H and O–H groups in total. The first-order valence-corrected chi connectivity index (χ1v) is 12.0. The van der Waals surface area contributed by atoms with E-state index in [0.29, 0.717) is 46.9 Å². The van der Waals surface area contributed by atoms with Gasteiger partial charge in [0.1, 0.15) is 23.1 Å². The lowest BCUT2D eigenvalue weighted by atomic mass is 10.0. The standard InChI is InChI=1S/C23H26Br2F2O4/c24-19-7-5-17(15-21(19)26)28-11-3-1-9-23(30-13-14-31-23)10-2-4-12-29-18-6-8-20(25)22(27)16-18/h5-8,15-16H,1-4,9-14H2. The van der Waals surface area contributed by atoms with Crippen LogP contribution in [0.2, 0.25) is 0 Å². The SMILES string of the molecule is Fc1cc(OCCCCC2(CCCCOc3ccc(Br)c(F)c3)OCCO2)ccc1Br. The molecule has 0 spiro atoms. The van der Waals surface area contributed by atoms with E-state index < -0.39 is 5.79 Å². The highest BCUT2D eigenvalue weighted by molar-refractivity contribution is 9.10. The summed E-state index contributed by atoms with van der Waals surface area (Å²) in [5.41, 5.74) is 0. The smallest absolute Gasteiger partial charge is 0.168 e. The Bertz CT molecular complexity index is 781. The van der Waals surface area contributed by atoms with Gasteiger partial charge in [-0.3, -0.25) is 0 Å². The molecule has 0 bridgehead atoms. The Morgan fingerprint density at radius 1 is 0.742 bits per heavy atom. The monoisotopic (exact) mass is 562 g/mol. The van der Waals surface area contributed by atoms with Crippen LogP contribution < -0.4 is 9.47 Å². The number of ether oxygens (including phenoxy) is 4. The number of halogens is 4. The van der Waals surface area contributed by atoms with Gasteiger partial charge >= 0.3 is 0 Å². The molecule has 0 aromatic heterocycles. The molecule has 31 heavy (non-hydrogen) atoms. The third-order valence-corrected chi connectivity index (χ3v) is 6.32. The molecule has 0 aliphatic carbocycles. The molecule has 0 atom stereocenters. The molecule has 8 heteroatoms. The molecule has 1 saturated heterocycles. The van der Waals surface area contributed by atoms with E-state index in [0.717, 1.165) is 38.5 Å². The van der Waals surface area contributed by atoms with E-state index in [1.165, 1.54) is 12.1 Å². The maximum Gasteiger partial charge on any atom is 0.168 e. The van der Waals surface area contributed by atoms with Gasteiger partial charge in [-0.15, -0.1) is 0 Å². The molecule has 2 aromatic rings. The summed E-state index contributed by atoms with van der Waals surface area (Å²) in [7, 11) is 0. The zero-order valence-electron chi connectivity index (χ0n) is 17.2. The fourth-order valence-corrected chi connectivity index (χ4v) is 3.91. The van der Waals surface area contributed by atoms with Crippen LogP contribution in [-0.4, -0.2) is 32.2 Å². The average molecular weight is 564 g/mol. The van der Waals surface area contributed by atoms with Crippen molar-refractivity contribution in [3.63, 3.8) is 0 Å². The van der Waals surface area contributed by atoms with Gasteiger partial charge in [-0.1, -0.05) is 0 Å². The highest BCUT2D eigenvalue weighted by atomic mass is 79.9. The van der Waals surface area contributed by atoms with Gasteiger partial charge in [0.2, 0.25) is 0 Å². The van der Waals surface area contributed by atoms with Crippen LogP contribution in [0.1, 0.15) is 38.5 Å². The van der Waals surface area contributed by atoms with Crippen LogP contribution in [-0.2, 0) is 9.47 Å². The summed E-state index contributed by atoms with van der Waals surface area (Å²) in [5, 5.41) is 0. The largest absolute Gasteiger partial charge is 0.493 e. The summed E-state index contributed by atoms with van der Waals surface area (Å²) in [5.74, 6) is -0.172. The summed E-state index contributed by atoms with van der Waals surface area (Å²) < 4.78 is 51.0. The van der Waals surface area contributed by atoms with Crippen molar-refractivity contribution in [2.24, 2.45) is 0 Å². The second-order valence-electron chi connectivity index (χ2n) is 7.37. The number of unbranched alkanes of at least 4 members (excludes halogenated alkanes) is 2. The number of rotatable bonds is 12. The predicted molar refractivity (Wildman–Crippen MR) is 122 cm³/mol. The lowest BCUT2D eigenvalue weighted by molar-refractivity contribution is -0.168. The van der Waals surface area contributed by atoms with E-state index in [2.05, 4.69) is 31.9 Å². The normalized spacial score (nSPS) is 15.2. The van der Waals surface area contributed by atoms with Gasteiger partial charge in [0, 0.05) is 25.0 Å². The van der Waals surface area contributed by atoms with Crippen LogP contribution in [0.3, 0.4) is 0 Å². The maximum absolute atomic E-state index is 13.5. The summed E-state index contributed by atoms with van der Waals surface area (Å²) >= 11 is 6.26. The Balaban J connectivity index is 1.33. The van der Waals surface area contributed by atoms with Crippen molar-refractivity contribution in [1.82, 2.24) is 0 Å². The van der Waals surface area contributed by atoms with Crippen molar-refractivity contribution in [2.75, 3.05) is 26.4 Å². The zero-order valence-corrected chi connectivity index (χ0v) is 20.4. The van der Waals surface area contributed by atoms with E-state index >= 15 is 0 Å². The van der Waals surface area contributed by atoms with Crippen molar-refractivity contribution in [1.29, 1.82) is 0 Å². The van der Waals surface area contributed by atoms with Crippen LogP contribution in [0.15, 0.2) is 45.3 Å². The Hall–Kier alpha value is -1.22. The predicted octanol–water partition coefficient (Wildman–Crippen LogP) is 7.03. The summed E-state index contributed by atoms with van der Waals surface area (Å²) in [6.45, 7) is 2.22. The molecule has 1 aliphatic rings. The van der Waals surface area contributed by atoms with Crippen LogP contribution in [0.4, 0.5) is 8.78 Å². The van der Waals surface area contributed by atoms with Crippen molar-refractivity contribution >= 4 is 31.9 Å². The third-order valence-electron chi connectivity index (χ3n) is 5.04. The van der Waals surface area contributed by atoms with Crippen molar-refractivity contribution in [3.8, 4) is 11.5 Å². The molecule has 4 nitrogen and oxygen atoms in total. The molecule has 0 unspecified atom stereocenters. The summed E-state index contributed by atoms with van der Waals surface area (Å²) in [6, 6.07) is 9.50. The molecule has 1 aliphatic heterocycles. The fraction of sp³-hybridized carbons (Fsp3) is 0.478. The number of benzene rings is 2. The van der Waals surface area contributed by atoms with Gasteiger partial charge in [0.25, 0.3) is 0 Å². The van der Waals surface area contributed by atoms with Gasteiger partial charge in [-0.2, -0.15) is 0 Å². The second kappa shape index (κ2) is 12.1. The van der Waals surface area contributed by atoms with Crippen molar-refractivity contribution in [3.05, 3.63) is 57.0 Å². The average Bonchev–Trinajstić information content (AvgIpc) is 3.21. The fourth-order valence-electron chi connectivity index (χ4n) is 3.42. The van der Waals surface area contributed by atoms with Crippen LogP contribution in [0.5, 0.6) is 11.5 Å². The highest BCUT2D eigenvalue weighted by Crippen LogP contribution is 2.31. The minimum Gasteiger partial charge on any atom is -0.493 e. The Morgan fingerprint density at radius 3 is 1.61 bits per heavy atom. The van der Waals surface area contributed by atoms with Crippen molar-refractivity contribution < 1.29 is 27.7 Å². The van der Waals surface area contributed by atoms with Gasteiger partial charge in [0.05, 0.1) is 35.4 Å². The van der Waals surface area contributed by atoms with E-state index in [4.69, 9.17) is 18.9 Å². The lowest BCUT2D eigenvalue weighted by Crippen LogP contribution is -2.30. The minimum atomic E-state index is -0.548. The first-order chi connectivity index (χ1) is 15.0. The van der Waals surface area contributed by atoms with Gasteiger partial charge in [0.15, 0.2) is 5.79 Å². The van der Waals surface area contributed by atoms with E-state index in [-0.39, 0.29) is 11.6 Å². The molecule has 170 valence electrons. The molecule has 1 heterocycles. The van der Waals surface area contributed by atoms with E-state index in [9.17, 15) is 8.78 Å². The van der Waals surface area contributed by atoms with E-state index in [1.807, 2.05) is 0 Å². The molecule has 1 fully saturated rings. The minimum absolute atomic E-state index is 0.335. The lowest BCUT2D eigenvalue weighted by Gasteiger charge is -2.27. The molecule has 0 radical (unpaired) electrons. The summed E-state index contributed by atoms with van der Waals surface area (Å²) in [4.78, 5) is 0. The van der Waals surface area contributed by atoms with E-state index in [1.54, 1.807) is 24.3 Å². The molecule has 0 amide bonds. The number of hydrogen-bond acceptors (Lipinski definition) is 4. The second-order valence-corrected chi connectivity index (χ2v) is 9.08. The third kappa shape index (κ3) is 7.70. The zero-order chi connectivity index (χ0) is 22.1. The molecular weight excluding hydrogens is 538 g/mol. The molecule has 0 saturated carbocycles. The Labute approximate surface area is 198 Å². The molecule has 3 rings (SSSR count). The topological polar surface area (TPSA) is 36.9 Å². The van der Waals surface area contributed by atoms with Crippen molar-refractivity contribution in [2.45, 2.75) is 44.3 Å². The first-order valence-electron chi connectivity index (χ1n) is 10.4. The van der Waals surface area contributed by atoms with Gasteiger partial charge in [-0.25, -0.2) is 8.78 Å². The van der Waals surface area contributed by atoms with Crippen LogP contribution in [0, 0.1) is 11.6 Å². The highest BCUT2D eigenvalue weighted by Gasteiger charge is 2.35. The van der Waals surface area contributed by atoms with Crippen LogP contribution >= 0.6 is 31.9 Å². The Morgan fingerprint density at radius 2 is 1.19 bits per heavy atom. The first kappa shape index (κ1) is 24.4. The Kier molecular flexibility index (Phi) is 9.56. The van der Waals surface area contributed by atoms with Gasteiger partial charge in [-0.05, 0) is 81.8 Å². The summed E-state index contributed by atoms with van der Waals surface area (Å²) in [6.07, 6.45) is 4.98. The molecular formula is C23H26Br2F2O4. The molecule has 2 aromatic carbocycles. The quantitative estimate of drug-likeness (QED) is 0.260. The van der Waals surface area contributed by atoms with Crippen LogP contribution in [0.25, 0.3) is 0 Å². The number of hydrogen-bond donors (Lipinski definition) is 0. The maximum atomic E-state index is 13.5. The van der Waals surface area contributed by atoms with Gasteiger partial charge < -0.3 is 18.9 Å².